The number of benzene rings is 4. The summed E-state index contributed by atoms with van der Waals surface area (Å²) in [6.45, 7) is 19.3. The number of rotatable bonds is 42. The highest BCUT2D eigenvalue weighted by atomic mass is 16.6. The fraction of sp³-hybridized carbons (Fsp3) is 0.513. The van der Waals surface area contributed by atoms with Gasteiger partial charge >= 0.3 is 35.8 Å². The van der Waals surface area contributed by atoms with Gasteiger partial charge in [0.1, 0.15) is 75.9 Å². The lowest BCUT2D eigenvalue weighted by Gasteiger charge is -2.25. The SMILES string of the molecule is C=C(C)C(=O)OCCOc1c2cc(CCCCCC)cc1Cc1cc(CCCCCC)cc(c1OCCOC(=O)/C=C\C(=O)OC)Cc1cc(CCCCCC)cc(c1OCCOC(=O)C(=C)C)Cc1cc(CCCCCC)cc(c1OCCOC(=O)/C=C\C(=O)OC)C2. The van der Waals surface area contributed by atoms with Gasteiger partial charge in [0.15, 0.2) is 0 Å². The molecule has 0 saturated carbocycles. The Kier molecular flexibility index (Phi) is 35.0. The molecule has 0 unspecified atom stereocenters. The van der Waals surface area contributed by atoms with Gasteiger partial charge in [0.2, 0.25) is 0 Å². The van der Waals surface area contributed by atoms with Gasteiger partial charge in [-0.25, -0.2) is 28.8 Å². The summed E-state index contributed by atoms with van der Waals surface area (Å²) in [5.41, 5.74) is 12.1. The molecule has 16 nitrogen and oxygen atoms in total. The van der Waals surface area contributed by atoms with Crippen molar-refractivity contribution in [3.05, 3.63) is 164 Å². The Hall–Kier alpha value is -8.14. The number of hydrogen-bond donors (Lipinski definition) is 0. The van der Waals surface area contributed by atoms with Crippen molar-refractivity contribution >= 4 is 35.8 Å². The van der Waals surface area contributed by atoms with Gasteiger partial charge in [-0.3, -0.25) is 0 Å². The second-order valence-corrected chi connectivity index (χ2v) is 24.2. The summed E-state index contributed by atoms with van der Waals surface area (Å²) in [4.78, 5) is 75.5. The molecule has 512 valence electrons. The van der Waals surface area contributed by atoms with E-state index in [2.05, 4.69) is 89.4 Å². The number of methoxy groups -OCH3 is 2. The fourth-order valence-electron chi connectivity index (χ4n) is 11.4. The molecule has 0 fully saturated rings. The largest absolute Gasteiger partial charge is 0.489 e. The third kappa shape index (κ3) is 27.1. The Morgan fingerprint density at radius 2 is 0.553 bits per heavy atom. The van der Waals surface area contributed by atoms with Crippen molar-refractivity contribution in [2.24, 2.45) is 0 Å². The standard InChI is InChI=1S/C78H104O16/c1-11-15-19-23-27-57-43-61-51-65-47-59(29-25-21-17-13-3)49-67(75(65)91-39-41-93-77(83)55(5)6)53-63-45-58(28-24-20-16-12-2)46-64(74(63)90-38-36-88-72(82)34-32-70(80)86-10)54-68-50-60(30-26-22-18-14-4)48-66(76(68)92-40-42-94-78(84)56(7)8)52-62(44-57)73(61)89-37-35-87-71(81)33-31-69(79)85-9/h31-34,43-50H,5,7,11-30,35-42,51-54H2,1-4,6,8-10H3/b33-31-,34-32-. The lowest BCUT2D eigenvalue weighted by molar-refractivity contribution is -0.140. The fourth-order valence-corrected chi connectivity index (χ4v) is 11.4. The van der Waals surface area contributed by atoms with E-state index in [1.54, 1.807) is 13.8 Å². The van der Waals surface area contributed by atoms with Crippen molar-refractivity contribution in [3.63, 3.8) is 0 Å². The average molecular weight is 1300 g/mol. The Balaban J connectivity index is 1.93. The van der Waals surface area contributed by atoms with Crippen LogP contribution in [0.4, 0.5) is 0 Å². The van der Waals surface area contributed by atoms with Crippen LogP contribution in [0.25, 0.3) is 0 Å². The molecule has 8 bridgehead atoms. The number of hydrogen-bond acceptors (Lipinski definition) is 16. The van der Waals surface area contributed by atoms with Crippen LogP contribution in [0.3, 0.4) is 0 Å². The van der Waals surface area contributed by atoms with Crippen LogP contribution < -0.4 is 18.9 Å². The second kappa shape index (κ2) is 43.0. The number of unbranched alkanes of at least 4 members (excludes halogenated alkanes) is 12. The first-order chi connectivity index (χ1) is 45.5. The maximum atomic E-state index is 13.0. The zero-order valence-electron chi connectivity index (χ0n) is 57.5. The van der Waals surface area contributed by atoms with Crippen LogP contribution in [-0.4, -0.2) is 103 Å². The zero-order valence-corrected chi connectivity index (χ0v) is 57.5. The minimum atomic E-state index is -0.730. The van der Waals surface area contributed by atoms with Gasteiger partial charge in [-0.2, -0.15) is 0 Å². The Bertz CT molecular complexity index is 2890. The predicted octanol–water partition coefficient (Wildman–Crippen LogP) is 15.2. The topological polar surface area (TPSA) is 195 Å². The van der Waals surface area contributed by atoms with Gasteiger partial charge in [0.05, 0.1) is 14.2 Å². The lowest BCUT2D eigenvalue weighted by atomic mass is 9.87. The zero-order chi connectivity index (χ0) is 68.0. The Labute approximate surface area is 559 Å². The Morgan fingerprint density at radius 3 is 0.766 bits per heavy atom. The lowest BCUT2D eigenvalue weighted by Crippen LogP contribution is -2.16. The molecular weight excluding hydrogens is 1190 g/mol. The number of aryl methyl sites for hydroxylation is 4. The van der Waals surface area contributed by atoms with Crippen LogP contribution in [0.1, 0.15) is 211 Å². The second-order valence-electron chi connectivity index (χ2n) is 24.2. The molecular formula is C78H104O16. The molecule has 1 aliphatic rings. The molecule has 0 saturated heterocycles. The summed E-state index contributed by atoms with van der Waals surface area (Å²) in [5.74, 6) is -1.43. The molecule has 1 aliphatic carbocycles. The van der Waals surface area contributed by atoms with Gasteiger partial charge in [0.25, 0.3) is 0 Å². The average Bonchev–Trinajstić information content (AvgIpc) is 0.784. The van der Waals surface area contributed by atoms with Crippen molar-refractivity contribution in [2.75, 3.05) is 67.1 Å². The molecule has 0 aliphatic heterocycles. The predicted molar refractivity (Wildman–Crippen MR) is 366 cm³/mol. The normalized spacial score (nSPS) is 11.8. The molecule has 5 rings (SSSR count). The van der Waals surface area contributed by atoms with Crippen molar-refractivity contribution < 1.29 is 76.1 Å². The van der Waals surface area contributed by atoms with Crippen LogP contribution in [0.5, 0.6) is 23.0 Å². The Morgan fingerprint density at radius 1 is 0.330 bits per heavy atom. The highest BCUT2D eigenvalue weighted by Gasteiger charge is 2.26. The van der Waals surface area contributed by atoms with E-state index in [0.717, 1.165) is 219 Å². The molecule has 94 heavy (non-hydrogen) atoms. The number of carbonyl (C=O) groups excluding carboxylic acids is 6. The van der Waals surface area contributed by atoms with E-state index in [1.807, 2.05) is 0 Å². The first-order valence-electron chi connectivity index (χ1n) is 34.1. The molecule has 4 aromatic rings. The summed E-state index contributed by atoms with van der Waals surface area (Å²) < 4.78 is 59.9. The quantitative estimate of drug-likeness (QED) is 0.0155. The highest BCUT2D eigenvalue weighted by Crippen LogP contribution is 2.42. The third-order valence-electron chi connectivity index (χ3n) is 16.1. The van der Waals surface area contributed by atoms with E-state index in [-0.39, 0.29) is 64.0 Å². The maximum absolute atomic E-state index is 13.0. The van der Waals surface area contributed by atoms with E-state index in [0.29, 0.717) is 48.7 Å². The molecule has 0 amide bonds. The summed E-state index contributed by atoms with van der Waals surface area (Å²) >= 11 is 0. The maximum Gasteiger partial charge on any atom is 0.333 e. The first kappa shape index (κ1) is 76.6. The summed E-state index contributed by atoms with van der Waals surface area (Å²) in [6.07, 6.45) is 25.4. The minimum absolute atomic E-state index is 0.0309. The van der Waals surface area contributed by atoms with Gasteiger partial charge in [-0.15, -0.1) is 0 Å². The van der Waals surface area contributed by atoms with E-state index >= 15 is 0 Å². The molecule has 0 aromatic heterocycles. The van der Waals surface area contributed by atoms with Gasteiger partial charge < -0.3 is 47.4 Å². The molecule has 4 aromatic carbocycles. The monoisotopic (exact) mass is 1300 g/mol. The van der Waals surface area contributed by atoms with Crippen molar-refractivity contribution in [2.45, 2.75) is 196 Å². The molecule has 0 N–H and O–H groups in total. The number of carbonyl (C=O) groups is 6. The van der Waals surface area contributed by atoms with E-state index in [4.69, 9.17) is 47.4 Å². The highest BCUT2D eigenvalue weighted by molar-refractivity contribution is 5.92. The van der Waals surface area contributed by atoms with Crippen LogP contribution in [0, 0.1) is 0 Å². The number of esters is 6. The first-order valence-corrected chi connectivity index (χ1v) is 34.1. The van der Waals surface area contributed by atoms with E-state index < -0.39 is 35.8 Å². The van der Waals surface area contributed by atoms with E-state index in [9.17, 15) is 28.8 Å². The minimum Gasteiger partial charge on any atom is -0.489 e. The molecule has 0 heterocycles. The van der Waals surface area contributed by atoms with Crippen molar-refractivity contribution in [1.82, 2.24) is 0 Å². The molecule has 0 spiro atoms. The number of ether oxygens (including phenoxy) is 10. The van der Waals surface area contributed by atoms with Gasteiger partial charge in [0, 0.05) is 61.1 Å². The third-order valence-corrected chi connectivity index (χ3v) is 16.1. The number of fused-ring (bicyclic) bond motifs is 8. The summed E-state index contributed by atoms with van der Waals surface area (Å²) in [6, 6.07) is 17.8. The van der Waals surface area contributed by atoms with Crippen molar-refractivity contribution in [3.8, 4) is 23.0 Å². The van der Waals surface area contributed by atoms with Crippen LogP contribution in [-0.2, 0) is 109 Å². The van der Waals surface area contributed by atoms with Gasteiger partial charge in [-0.1, -0.05) is 166 Å². The van der Waals surface area contributed by atoms with Crippen LogP contribution in [0.2, 0.25) is 0 Å². The summed E-state index contributed by atoms with van der Waals surface area (Å²) in [5, 5.41) is 0. The smallest absolute Gasteiger partial charge is 0.333 e. The molecule has 0 atom stereocenters. The van der Waals surface area contributed by atoms with Crippen LogP contribution >= 0.6 is 0 Å². The van der Waals surface area contributed by atoms with Crippen LogP contribution in [0.15, 0.2) is 97.1 Å². The molecule has 0 radical (unpaired) electrons. The van der Waals surface area contributed by atoms with Gasteiger partial charge in [-0.05, 0) is 132 Å². The molecule has 16 heteroatoms. The van der Waals surface area contributed by atoms with E-state index in [1.165, 1.54) is 14.2 Å². The van der Waals surface area contributed by atoms with Crippen molar-refractivity contribution in [1.29, 1.82) is 0 Å². The summed E-state index contributed by atoms with van der Waals surface area (Å²) in [7, 11) is 2.46.